The van der Waals surface area contributed by atoms with Crippen molar-refractivity contribution in [3.63, 3.8) is 0 Å². The number of halogens is 1. The molecule has 1 amide bonds. The molecule has 2 heterocycles. The zero-order chi connectivity index (χ0) is 29.5. The van der Waals surface area contributed by atoms with Crippen molar-refractivity contribution >= 4 is 61.5 Å². The highest BCUT2D eigenvalue weighted by atomic mass is 79.9. The van der Waals surface area contributed by atoms with Gasteiger partial charge in [-0.15, -0.1) is 10.2 Å². The lowest BCUT2D eigenvalue weighted by atomic mass is 9.69. The van der Waals surface area contributed by atoms with Crippen molar-refractivity contribution in [2.45, 2.75) is 50.8 Å². The number of hydrogen-bond acceptors (Lipinski definition) is 9. The van der Waals surface area contributed by atoms with Crippen LogP contribution in [0.2, 0.25) is 0 Å². The zero-order valence-corrected chi connectivity index (χ0v) is 26.3. The molecule has 0 bridgehead atoms. The van der Waals surface area contributed by atoms with Gasteiger partial charge in [-0.25, -0.2) is 0 Å². The number of allylic oxidation sites excluding steroid dienone is 3. The average Bonchev–Trinajstić information content (AvgIpc) is 3.36. The highest BCUT2D eigenvalue weighted by Gasteiger charge is 2.45. The minimum absolute atomic E-state index is 0.00978. The molecular formula is C30H29BrN6O2S2. The summed E-state index contributed by atoms with van der Waals surface area (Å²) in [5, 5.41) is 22.4. The Morgan fingerprint density at radius 1 is 1.24 bits per heavy atom. The molecule has 2 aliphatic rings. The molecule has 2 aromatic carbocycles. The van der Waals surface area contributed by atoms with Crippen LogP contribution < -0.4 is 16.0 Å². The van der Waals surface area contributed by atoms with Gasteiger partial charge < -0.3 is 11.1 Å². The van der Waals surface area contributed by atoms with Crippen molar-refractivity contribution in [2.75, 3.05) is 16.0 Å². The van der Waals surface area contributed by atoms with E-state index in [-0.39, 0.29) is 28.7 Å². The van der Waals surface area contributed by atoms with E-state index in [0.29, 0.717) is 33.5 Å². The predicted molar refractivity (Wildman–Crippen MR) is 166 cm³/mol. The molecule has 1 aliphatic carbocycles. The molecule has 0 spiro atoms. The van der Waals surface area contributed by atoms with E-state index in [1.807, 2.05) is 56.3 Å². The molecule has 1 unspecified atom stereocenters. The maximum atomic E-state index is 13.7. The first-order chi connectivity index (χ1) is 19.5. The number of aromatic nitrogens is 2. The lowest BCUT2D eigenvalue weighted by molar-refractivity contribution is -0.118. The summed E-state index contributed by atoms with van der Waals surface area (Å²) < 4.78 is 1.38. The zero-order valence-electron chi connectivity index (χ0n) is 23.1. The predicted octanol–water partition coefficient (Wildman–Crippen LogP) is 6.59. The van der Waals surface area contributed by atoms with E-state index in [1.165, 1.54) is 23.1 Å². The van der Waals surface area contributed by atoms with Gasteiger partial charge >= 0.3 is 0 Å². The molecule has 0 radical (unpaired) electrons. The van der Waals surface area contributed by atoms with Crippen molar-refractivity contribution in [3.8, 4) is 6.07 Å². The quantitative estimate of drug-likeness (QED) is 0.287. The number of benzene rings is 2. The maximum absolute atomic E-state index is 13.7. The summed E-state index contributed by atoms with van der Waals surface area (Å²) in [7, 11) is 0. The van der Waals surface area contributed by atoms with E-state index in [2.05, 4.69) is 51.4 Å². The molecule has 3 aromatic rings. The third kappa shape index (κ3) is 5.82. The number of nitrogens with zero attached hydrogens (tertiary/aromatic N) is 4. The Bertz CT molecular complexity index is 1670. The molecule has 1 atom stereocenters. The first-order valence-electron chi connectivity index (χ1n) is 13.0. The summed E-state index contributed by atoms with van der Waals surface area (Å²) in [6, 6.07) is 15.8. The maximum Gasteiger partial charge on any atom is 0.234 e. The number of carbonyl (C=O) groups excluding carboxylic acids is 2. The van der Waals surface area contributed by atoms with Gasteiger partial charge in [-0.2, -0.15) is 5.26 Å². The van der Waals surface area contributed by atoms with Crippen LogP contribution in [-0.2, 0) is 9.59 Å². The number of Topliss-reactive ketones (excluding diaryl/α,β-unsaturated/α-hetero) is 1. The van der Waals surface area contributed by atoms with Gasteiger partial charge in [0.05, 0.1) is 23.3 Å². The third-order valence-corrected chi connectivity index (χ3v) is 9.93. The van der Waals surface area contributed by atoms with E-state index >= 15 is 0 Å². The Morgan fingerprint density at radius 3 is 2.71 bits per heavy atom. The molecular weight excluding hydrogens is 620 g/mol. The van der Waals surface area contributed by atoms with Crippen LogP contribution in [0.25, 0.3) is 0 Å². The number of nitrogens with two attached hydrogens (primary N) is 1. The minimum atomic E-state index is -0.582. The van der Waals surface area contributed by atoms with Crippen LogP contribution in [-0.4, -0.2) is 27.6 Å². The summed E-state index contributed by atoms with van der Waals surface area (Å²) in [5.41, 5.74) is 11.7. The van der Waals surface area contributed by atoms with E-state index < -0.39 is 5.92 Å². The number of nitriles is 1. The van der Waals surface area contributed by atoms with Crippen molar-refractivity contribution in [1.29, 1.82) is 5.26 Å². The normalized spacial score (nSPS) is 18.3. The van der Waals surface area contributed by atoms with Crippen molar-refractivity contribution in [2.24, 2.45) is 11.1 Å². The first kappa shape index (κ1) is 29.0. The van der Waals surface area contributed by atoms with Gasteiger partial charge in [0.15, 0.2) is 10.1 Å². The van der Waals surface area contributed by atoms with Crippen LogP contribution in [0.5, 0.6) is 0 Å². The van der Waals surface area contributed by atoms with Gasteiger partial charge in [0.2, 0.25) is 11.0 Å². The summed E-state index contributed by atoms with van der Waals surface area (Å²) in [6.45, 7) is 8.07. The van der Waals surface area contributed by atoms with Crippen molar-refractivity contribution in [1.82, 2.24) is 10.2 Å². The van der Waals surface area contributed by atoms with Gasteiger partial charge in [0, 0.05) is 27.9 Å². The SMILES string of the molecule is Cc1ccc(NC(=O)CSc2nnc(N3C(N)=C(C#N)C(c4ccccc4Br)C4=C3CC(C)(C)CC4=O)s2)c(C)c1. The summed E-state index contributed by atoms with van der Waals surface area (Å²) >= 11 is 6.16. The number of amides is 1. The smallest absolute Gasteiger partial charge is 0.234 e. The highest BCUT2D eigenvalue weighted by Crippen LogP contribution is 2.51. The molecule has 8 nitrogen and oxygen atoms in total. The molecule has 3 N–H and O–H groups in total. The average molecular weight is 650 g/mol. The fourth-order valence-electron chi connectivity index (χ4n) is 5.37. The second-order valence-electron chi connectivity index (χ2n) is 11.0. The Kier molecular flexibility index (Phi) is 8.10. The molecule has 41 heavy (non-hydrogen) atoms. The van der Waals surface area contributed by atoms with Crippen molar-refractivity contribution in [3.05, 3.63) is 86.3 Å². The topological polar surface area (TPSA) is 125 Å². The fraction of sp³-hybridized carbons (Fsp3) is 0.300. The first-order valence-corrected chi connectivity index (χ1v) is 15.6. The molecule has 210 valence electrons. The van der Waals surface area contributed by atoms with Crippen molar-refractivity contribution < 1.29 is 9.59 Å². The number of hydrogen-bond donors (Lipinski definition) is 2. The van der Waals surface area contributed by atoms with Crippen LogP contribution in [0.3, 0.4) is 0 Å². The second kappa shape index (κ2) is 11.4. The van der Waals surface area contributed by atoms with Crippen LogP contribution in [0, 0.1) is 30.6 Å². The Morgan fingerprint density at radius 2 is 2.00 bits per heavy atom. The molecule has 11 heteroatoms. The minimum Gasteiger partial charge on any atom is -0.384 e. The molecule has 0 fully saturated rings. The fourth-order valence-corrected chi connectivity index (χ4v) is 7.56. The molecule has 1 aliphatic heterocycles. The van der Waals surface area contributed by atoms with Crippen LogP contribution in [0.4, 0.5) is 10.8 Å². The van der Waals surface area contributed by atoms with E-state index in [1.54, 1.807) is 4.90 Å². The number of rotatable bonds is 6. The van der Waals surface area contributed by atoms with Gasteiger partial charge in [0.25, 0.3) is 0 Å². The summed E-state index contributed by atoms with van der Waals surface area (Å²) in [4.78, 5) is 28.1. The molecule has 1 aromatic heterocycles. The van der Waals surface area contributed by atoms with Crippen LogP contribution >= 0.6 is 39.0 Å². The van der Waals surface area contributed by atoms with E-state index in [4.69, 9.17) is 5.73 Å². The highest BCUT2D eigenvalue weighted by molar-refractivity contribution is 9.10. The van der Waals surface area contributed by atoms with E-state index in [0.717, 1.165) is 32.5 Å². The summed E-state index contributed by atoms with van der Waals surface area (Å²) in [6.07, 6.45) is 0.945. The van der Waals surface area contributed by atoms with Gasteiger partial charge in [-0.3, -0.25) is 14.5 Å². The number of nitrogens with one attached hydrogen (secondary N) is 1. The number of ketones is 1. The van der Waals surface area contributed by atoms with Crippen LogP contribution in [0.15, 0.2) is 73.9 Å². The van der Waals surface area contributed by atoms with Crippen LogP contribution in [0.1, 0.15) is 49.3 Å². The summed E-state index contributed by atoms with van der Waals surface area (Å²) in [5.74, 6) is -0.354. The second-order valence-corrected chi connectivity index (χ2v) is 14.0. The van der Waals surface area contributed by atoms with Gasteiger partial charge in [-0.1, -0.05) is 88.8 Å². The lowest BCUT2D eigenvalue weighted by Crippen LogP contribution is -2.42. The number of aryl methyl sites for hydroxylation is 2. The third-order valence-electron chi connectivity index (χ3n) is 7.17. The van der Waals surface area contributed by atoms with Gasteiger partial charge in [0.1, 0.15) is 5.82 Å². The molecule has 0 saturated carbocycles. The Labute approximate surface area is 255 Å². The number of anilines is 2. The largest absolute Gasteiger partial charge is 0.384 e. The van der Waals surface area contributed by atoms with Gasteiger partial charge in [-0.05, 0) is 48.9 Å². The molecule has 0 saturated heterocycles. The standard InChI is InChI=1S/C30H29BrN6O2S2/c1-16-9-10-21(17(2)11-16)34-24(39)15-40-29-36-35-28(41-29)37-22-12-30(3,4)13-23(38)26(22)25(19(14-32)27(37)33)18-7-5-6-8-20(18)31/h5-11,25H,12-13,15,33H2,1-4H3,(H,34,39). The Balaban J connectivity index is 1.46. The number of carbonyl (C=O) groups is 2. The van der Waals surface area contributed by atoms with E-state index in [9.17, 15) is 14.9 Å². The molecule has 5 rings (SSSR count). The lowest BCUT2D eigenvalue weighted by Gasteiger charge is -2.42. The Hall–Kier alpha value is -3.46. The number of thioether (sulfide) groups is 1. The monoisotopic (exact) mass is 648 g/mol.